The minimum absolute atomic E-state index is 0.318. The van der Waals surface area contributed by atoms with Crippen molar-refractivity contribution < 1.29 is 9.53 Å². The first-order valence-electron chi connectivity index (χ1n) is 6.68. The van der Waals surface area contributed by atoms with E-state index >= 15 is 0 Å². The van der Waals surface area contributed by atoms with E-state index < -0.39 is 0 Å². The van der Waals surface area contributed by atoms with Crippen LogP contribution in [0.2, 0.25) is 0 Å². The lowest BCUT2D eigenvalue weighted by Gasteiger charge is -2.40. The molecule has 0 aromatic heterocycles. The minimum atomic E-state index is -0.318. The third-order valence-corrected chi connectivity index (χ3v) is 3.12. The Balaban J connectivity index is 0.000000203. The lowest BCUT2D eigenvalue weighted by molar-refractivity contribution is -0.138. The molecule has 2 rings (SSSR count). The van der Waals surface area contributed by atoms with Crippen molar-refractivity contribution in [1.82, 2.24) is 10.2 Å². The molecule has 1 aliphatic heterocycles. The van der Waals surface area contributed by atoms with Crippen LogP contribution in [-0.2, 0) is 9.53 Å². The van der Waals surface area contributed by atoms with E-state index in [1.807, 2.05) is 20.8 Å². The molecule has 4 nitrogen and oxygen atoms in total. The lowest BCUT2D eigenvalue weighted by atomic mass is 9.99. The van der Waals surface area contributed by atoms with Gasteiger partial charge >= 0.3 is 0 Å². The van der Waals surface area contributed by atoms with Crippen LogP contribution in [0.4, 0.5) is 0 Å². The summed E-state index contributed by atoms with van der Waals surface area (Å²) in [5.74, 6) is 0. The van der Waals surface area contributed by atoms with Gasteiger partial charge in [0, 0.05) is 31.7 Å². The first kappa shape index (κ1) is 15.2. The van der Waals surface area contributed by atoms with E-state index in [9.17, 15) is 4.79 Å². The summed E-state index contributed by atoms with van der Waals surface area (Å²) in [4.78, 5) is 12.2. The fraction of sp³-hybridized carbons (Fsp3) is 0.786. The van der Waals surface area contributed by atoms with Crippen LogP contribution in [0.1, 0.15) is 34.1 Å². The molecule has 0 spiro atoms. The molecule has 18 heavy (non-hydrogen) atoms. The third-order valence-electron chi connectivity index (χ3n) is 3.12. The van der Waals surface area contributed by atoms with Gasteiger partial charge in [0.05, 0.1) is 0 Å². The quantitative estimate of drug-likeness (QED) is 0.600. The van der Waals surface area contributed by atoms with Gasteiger partial charge in [-0.05, 0) is 34.1 Å². The number of hydrogen-bond acceptors (Lipinski definition) is 4. The summed E-state index contributed by atoms with van der Waals surface area (Å²) in [5, 5.41) is 3.40. The van der Waals surface area contributed by atoms with E-state index in [1.165, 1.54) is 13.0 Å². The standard InChI is InChI=1S/C9H16N2.C5H10O2/c1-8-7-10-5-6-11(8)9-3-2-4-9;1-5(2,3)7-4-6/h2-3,8-10H,4-7H2,1H3;4H,1-3H3. The predicted octanol–water partition coefficient (Wildman–Crippen LogP) is 1.57. The fourth-order valence-electron chi connectivity index (χ4n) is 2.00. The van der Waals surface area contributed by atoms with E-state index in [-0.39, 0.29) is 5.60 Å². The van der Waals surface area contributed by atoms with Gasteiger partial charge in [-0.1, -0.05) is 12.2 Å². The van der Waals surface area contributed by atoms with Crippen molar-refractivity contribution in [3.05, 3.63) is 12.2 Å². The van der Waals surface area contributed by atoms with Crippen LogP contribution < -0.4 is 5.32 Å². The van der Waals surface area contributed by atoms with Crippen LogP contribution >= 0.6 is 0 Å². The highest BCUT2D eigenvalue weighted by molar-refractivity contribution is 5.37. The summed E-state index contributed by atoms with van der Waals surface area (Å²) in [7, 11) is 0. The van der Waals surface area contributed by atoms with Crippen molar-refractivity contribution in [2.24, 2.45) is 0 Å². The van der Waals surface area contributed by atoms with Crippen LogP contribution in [0.25, 0.3) is 0 Å². The zero-order valence-electron chi connectivity index (χ0n) is 12.0. The monoisotopic (exact) mass is 254 g/mol. The molecule has 1 saturated heterocycles. The Kier molecular flexibility index (Phi) is 5.82. The first-order valence-corrected chi connectivity index (χ1v) is 6.68. The van der Waals surface area contributed by atoms with Gasteiger partial charge in [0.25, 0.3) is 6.47 Å². The second-order valence-electron chi connectivity index (χ2n) is 5.85. The highest BCUT2D eigenvalue weighted by Gasteiger charge is 2.25. The average Bonchev–Trinajstić information content (AvgIpc) is 2.18. The van der Waals surface area contributed by atoms with E-state index in [4.69, 9.17) is 0 Å². The average molecular weight is 254 g/mol. The fourth-order valence-corrected chi connectivity index (χ4v) is 2.00. The van der Waals surface area contributed by atoms with Gasteiger partial charge in [0.15, 0.2) is 0 Å². The minimum Gasteiger partial charge on any atom is -0.462 e. The highest BCUT2D eigenvalue weighted by Crippen LogP contribution is 2.19. The van der Waals surface area contributed by atoms with Gasteiger partial charge in [0.1, 0.15) is 5.60 Å². The molecule has 2 unspecified atom stereocenters. The van der Waals surface area contributed by atoms with Gasteiger partial charge < -0.3 is 10.1 Å². The number of carbonyl (C=O) groups excluding carboxylic acids is 1. The predicted molar refractivity (Wildman–Crippen MR) is 73.5 cm³/mol. The Morgan fingerprint density at radius 3 is 2.44 bits per heavy atom. The van der Waals surface area contributed by atoms with Crippen LogP contribution in [0.5, 0.6) is 0 Å². The second-order valence-corrected chi connectivity index (χ2v) is 5.85. The molecule has 1 aliphatic carbocycles. The zero-order chi connectivity index (χ0) is 13.6. The van der Waals surface area contributed by atoms with Crippen molar-refractivity contribution in [3.8, 4) is 0 Å². The van der Waals surface area contributed by atoms with E-state index in [0.29, 0.717) is 6.47 Å². The Hall–Kier alpha value is -0.870. The molecule has 0 bridgehead atoms. The van der Waals surface area contributed by atoms with Gasteiger partial charge in [-0.25, -0.2) is 0 Å². The highest BCUT2D eigenvalue weighted by atomic mass is 16.5. The molecule has 1 fully saturated rings. The molecule has 0 aromatic rings. The Morgan fingerprint density at radius 2 is 2.11 bits per heavy atom. The smallest absolute Gasteiger partial charge is 0.293 e. The summed E-state index contributed by atoms with van der Waals surface area (Å²) in [5.41, 5.74) is -0.318. The van der Waals surface area contributed by atoms with Gasteiger partial charge in [-0.2, -0.15) is 0 Å². The van der Waals surface area contributed by atoms with Gasteiger partial charge in [-0.3, -0.25) is 9.69 Å². The molecule has 0 aromatic carbocycles. The van der Waals surface area contributed by atoms with Crippen molar-refractivity contribution in [1.29, 1.82) is 0 Å². The number of nitrogens with zero attached hydrogens (tertiary/aromatic N) is 1. The molecule has 4 heteroatoms. The van der Waals surface area contributed by atoms with Crippen molar-refractivity contribution in [3.63, 3.8) is 0 Å². The third kappa shape index (κ3) is 5.19. The second kappa shape index (κ2) is 6.90. The normalized spacial score (nSPS) is 27.8. The van der Waals surface area contributed by atoms with Crippen molar-refractivity contribution in [2.45, 2.75) is 51.8 Å². The summed E-state index contributed by atoms with van der Waals surface area (Å²) in [6.45, 7) is 11.8. The van der Waals surface area contributed by atoms with Crippen LogP contribution in [-0.4, -0.2) is 48.7 Å². The molecular formula is C14H26N2O2. The molecule has 2 aliphatic rings. The van der Waals surface area contributed by atoms with Gasteiger partial charge in [0.2, 0.25) is 0 Å². The number of rotatable bonds is 2. The Bertz CT molecular complexity index is 284. The van der Waals surface area contributed by atoms with E-state index in [2.05, 4.69) is 34.0 Å². The number of carbonyl (C=O) groups is 1. The molecule has 1 heterocycles. The number of hydrogen-bond donors (Lipinski definition) is 1. The maximum Gasteiger partial charge on any atom is 0.293 e. The summed E-state index contributed by atoms with van der Waals surface area (Å²) in [6.07, 6.45) is 5.85. The van der Waals surface area contributed by atoms with E-state index in [1.54, 1.807) is 0 Å². The molecule has 2 atom stereocenters. The Morgan fingerprint density at radius 1 is 1.44 bits per heavy atom. The molecular weight excluding hydrogens is 228 g/mol. The number of piperazine rings is 1. The van der Waals surface area contributed by atoms with Crippen molar-refractivity contribution in [2.75, 3.05) is 19.6 Å². The number of nitrogens with one attached hydrogen (secondary N) is 1. The molecule has 0 saturated carbocycles. The number of ether oxygens (including phenoxy) is 1. The summed E-state index contributed by atoms with van der Waals surface area (Å²) < 4.78 is 4.55. The first-order chi connectivity index (χ1) is 8.44. The van der Waals surface area contributed by atoms with Crippen molar-refractivity contribution >= 4 is 6.47 Å². The summed E-state index contributed by atoms with van der Waals surface area (Å²) >= 11 is 0. The van der Waals surface area contributed by atoms with Crippen LogP contribution in [0.15, 0.2) is 12.2 Å². The Labute approximate surface area is 110 Å². The van der Waals surface area contributed by atoms with Crippen LogP contribution in [0, 0.1) is 0 Å². The van der Waals surface area contributed by atoms with Crippen LogP contribution in [0.3, 0.4) is 0 Å². The SMILES string of the molecule is CC(C)(C)OC=O.CC1CNCCN1C1C=CC1. The lowest BCUT2D eigenvalue weighted by Crippen LogP contribution is -2.54. The molecule has 0 radical (unpaired) electrons. The molecule has 1 N–H and O–H groups in total. The molecule has 104 valence electrons. The molecule has 0 amide bonds. The van der Waals surface area contributed by atoms with E-state index in [0.717, 1.165) is 25.2 Å². The van der Waals surface area contributed by atoms with Gasteiger partial charge in [-0.15, -0.1) is 0 Å². The maximum atomic E-state index is 9.60. The topological polar surface area (TPSA) is 41.6 Å². The maximum absolute atomic E-state index is 9.60. The summed E-state index contributed by atoms with van der Waals surface area (Å²) in [6, 6.07) is 1.48. The largest absolute Gasteiger partial charge is 0.462 e. The zero-order valence-corrected chi connectivity index (χ0v) is 12.0.